The van der Waals surface area contributed by atoms with E-state index in [1.807, 2.05) is 13.8 Å². The average Bonchev–Trinajstić information content (AvgIpc) is 2.60. The Labute approximate surface area is 166 Å². The van der Waals surface area contributed by atoms with E-state index in [-0.39, 0.29) is 25.9 Å². The molecule has 3 unspecified atom stereocenters. The van der Waals surface area contributed by atoms with Crippen molar-refractivity contribution in [2.45, 2.75) is 84.7 Å². The highest BCUT2D eigenvalue weighted by molar-refractivity contribution is 6.09. The molecule has 0 aliphatic heterocycles. The number of aliphatic carboxylic acids is 3. The Hall–Kier alpha value is -1.96. The van der Waals surface area contributed by atoms with Crippen molar-refractivity contribution in [3.05, 3.63) is 0 Å². The quantitative estimate of drug-likeness (QED) is 0.264. The van der Waals surface area contributed by atoms with Crippen LogP contribution in [0.25, 0.3) is 0 Å². The molecule has 8 heteroatoms. The van der Waals surface area contributed by atoms with Gasteiger partial charge in [0.15, 0.2) is 11.2 Å². The van der Waals surface area contributed by atoms with E-state index in [9.17, 15) is 34.5 Å². The van der Waals surface area contributed by atoms with Gasteiger partial charge in [0.05, 0.1) is 5.92 Å². The minimum atomic E-state index is -2.68. The molecule has 28 heavy (non-hydrogen) atoms. The van der Waals surface area contributed by atoms with Crippen LogP contribution >= 0.6 is 0 Å². The van der Waals surface area contributed by atoms with Crippen LogP contribution in [0, 0.1) is 11.3 Å². The van der Waals surface area contributed by atoms with Gasteiger partial charge in [0, 0.05) is 6.61 Å². The number of Topliss-reactive ketones (excluding diaryl/α,β-unsaturated/α-hetero) is 1. The Morgan fingerprint density at radius 3 is 1.75 bits per heavy atom. The summed E-state index contributed by atoms with van der Waals surface area (Å²) in [6.45, 7) is 6.28. The maximum atomic E-state index is 12.7. The Balaban J connectivity index is 6.92. The van der Waals surface area contributed by atoms with Crippen molar-refractivity contribution in [3.63, 3.8) is 0 Å². The van der Waals surface area contributed by atoms with Gasteiger partial charge in [-0.1, -0.05) is 52.9 Å². The molecular weight excluding hydrogens is 368 g/mol. The summed E-state index contributed by atoms with van der Waals surface area (Å²) in [5, 5.41) is 30.1. The van der Waals surface area contributed by atoms with Gasteiger partial charge in [0.25, 0.3) is 0 Å². The number of ether oxygens (including phenoxy) is 1. The lowest BCUT2D eigenvalue weighted by molar-refractivity contribution is -0.218. The second-order valence-corrected chi connectivity index (χ2v) is 7.15. The third kappa shape index (κ3) is 5.10. The van der Waals surface area contributed by atoms with Crippen LogP contribution in [-0.2, 0) is 23.9 Å². The van der Waals surface area contributed by atoms with Crippen molar-refractivity contribution in [2.24, 2.45) is 11.3 Å². The first-order chi connectivity index (χ1) is 13.1. The number of carbonyl (C=O) groups excluding carboxylic acids is 1. The lowest BCUT2D eigenvalue weighted by Gasteiger charge is -2.46. The highest BCUT2D eigenvalue weighted by atomic mass is 16.5. The molecule has 0 aliphatic rings. The molecule has 0 bridgehead atoms. The largest absolute Gasteiger partial charge is 0.481 e. The van der Waals surface area contributed by atoms with Gasteiger partial charge in [-0.25, -0.2) is 4.79 Å². The van der Waals surface area contributed by atoms with Crippen LogP contribution in [0.15, 0.2) is 0 Å². The van der Waals surface area contributed by atoms with E-state index in [0.29, 0.717) is 32.1 Å². The minimum Gasteiger partial charge on any atom is -0.481 e. The number of carboxylic acids is 3. The molecule has 0 aromatic rings. The van der Waals surface area contributed by atoms with Crippen molar-refractivity contribution < 1.29 is 39.2 Å². The van der Waals surface area contributed by atoms with E-state index >= 15 is 0 Å². The second-order valence-electron chi connectivity index (χ2n) is 7.15. The smallest absolute Gasteiger partial charge is 0.338 e. The molecule has 0 saturated carbocycles. The maximum absolute atomic E-state index is 12.7. The third-order valence-electron chi connectivity index (χ3n) is 5.29. The summed E-state index contributed by atoms with van der Waals surface area (Å²) in [6.07, 6.45) is 2.36. The molecule has 0 amide bonds. The first-order valence-electron chi connectivity index (χ1n) is 9.94. The standard InChI is InChI=1S/C20H34O8/c1-5-8-11-15(16(22)23)20(18(26)27,28-13-10-7-3)19(14(4)21,17(24)25)12-9-6-2/h15H,5-13H2,1-4H3,(H,22,23)(H,24,25)(H,26,27). The number of unbranched alkanes of at least 4 members (excludes halogenated alkanes) is 3. The second kappa shape index (κ2) is 11.8. The Morgan fingerprint density at radius 2 is 1.39 bits per heavy atom. The van der Waals surface area contributed by atoms with Crippen LogP contribution in [0.1, 0.15) is 79.1 Å². The van der Waals surface area contributed by atoms with Gasteiger partial charge in [-0.15, -0.1) is 0 Å². The lowest BCUT2D eigenvalue weighted by Crippen LogP contribution is -2.68. The first-order valence-corrected chi connectivity index (χ1v) is 9.94. The number of carbonyl (C=O) groups is 4. The molecule has 8 nitrogen and oxygen atoms in total. The van der Waals surface area contributed by atoms with Crippen molar-refractivity contribution in [3.8, 4) is 0 Å². The predicted octanol–water partition coefficient (Wildman–Crippen LogP) is 3.37. The summed E-state index contributed by atoms with van der Waals surface area (Å²) in [7, 11) is 0. The Kier molecular flexibility index (Phi) is 11.0. The highest BCUT2D eigenvalue weighted by Crippen LogP contribution is 2.48. The summed E-state index contributed by atoms with van der Waals surface area (Å²) in [5.74, 6) is -7.43. The number of hydrogen-bond acceptors (Lipinski definition) is 5. The van der Waals surface area contributed by atoms with Crippen LogP contribution < -0.4 is 0 Å². The first kappa shape index (κ1) is 26.0. The average molecular weight is 402 g/mol. The zero-order chi connectivity index (χ0) is 22.0. The van der Waals surface area contributed by atoms with E-state index < -0.39 is 40.6 Å². The normalized spacial score (nSPS) is 16.6. The summed E-state index contributed by atoms with van der Waals surface area (Å²) < 4.78 is 5.66. The number of carboxylic acid groups (broad SMARTS) is 3. The summed E-state index contributed by atoms with van der Waals surface area (Å²) in [6, 6.07) is 0. The Bertz CT molecular complexity index is 542. The molecular formula is C20H34O8. The molecule has 0 heterocycles. The van der Waals surface area contributed by atoms with Crippen LogP contribution in [0.5, 0.6) is 0 Å². The zero-order valence-corrected chi connectivity index (χ0v) is 17.3. The van der Waals surface area contributed by atoms with Gasteiger partial charge in [0.1, 0.15) is 0 Å². The van der Waals surface area contributed by atoms with Gasteiger partial charge in [0.2, 0.25) is 5.60 Å². The fraction of sp³-hybridized carbons (Fsp3) is 0.800. The number of hydrogen-bond donors (Lipinski definition) is 3. The van der Waals surface area contributed by atoms with Gasteiger partial charge in [-0.3, -0.25) is 14.4 Å². The van der Waals surface area contributed by atoms with Crippen LogP contribution in [0.2, 0.25) is 0 Å². The highest BCUT2D eigenvalue weighted by Gasteiger charge is 2.70. The molecule has 3 N–H and O–H groups in total. The van der Waals surface area contributed by atoms with E-state index in [4.69, 9.17) is 4.74 Å². The topological polar surface area (TPSA) is 138 Å². The van der Waals surface area contributed by atoms with Crippen molar-refractivity contribution in [1.29, 1.82) is 0 Å². The van der Waals surface area contributed by atoms with Gasteiger partial charge in [-0.05, 0) is 26.2 Å². The monoisotopic (exact) mass is 402 g/mol. The molecule has 0 spiro atoms. The molecule has 0 aromatic carbocycles. The van der Waals surface area contributed by atoms with Crippen LogP contribution in [-0.4, -0.2) is 51.2 Å². The predicted molar refractivity (Wildman–Crippen MR) is 102 cm³/mol. The lowest BCUT2D eigenvalue weighted by atomic mass is 9.59. The fourth-order valence-electron chi connectivity index (χ4n) is 3.68. The van der Waals surface area contributed by atoms with Gasteiger partial charge < -0.3 is 20.1 Å². The summed E-state index contributed by atoms with van der Waals surface area (Å²) in [5.41, 5.74) is -5.17. The molecule has 3 atom stereocenters. The fourth-order valence-corrected chi connectivity index (χ4v) is 3.68. The molecule has 162 valence electrons. The van der Waals surface area contributed by atoms with Crippen molar-refractivity contribution in [2.75, 3.05) is 6.61 Å². The van der Waals surface area contributed by atoms with Crippen molar-refractivity contribution in [1.82, 2.24) is 0 Å². The summed E-state index contributed by atoms with van der Waals surface area (Å²) in [4.78, 5) is 49.7. The molecule has 0 rings (SSSR count). The van der Waals surface area contributed by atoms with Crippen LogP contribution in [0.3, 0.4) is 0 Å². The van der Waals surface area contributed by atoms with Crippen LogP contribution in [0.4, 0.5) is 0 Å². The molecule has 0 saturated heterocycles. The summed E-state index contributed by atoms with van der Waals surface area (Å²) >= 11 is 0. The minimum absolute atomic E-state index is 0.0985. The Morgan fingerprint density at radius 1 is 0.857 bits per heavy atom. The van der Waals surface area contributed by atoms with E-state index in [2.05, 4.69) is 0 Å². The van der Waals surface area contributed by atoms with Gasteiger partial charge in [-0.2, -0.15) is 0 Å². The molecule has 0 radical (unpaired) electrons. The molecule has 0 aromatic heterocycles. The van der Waals surface area contributed by atoms with Crippen molar-refractivity contribution >= 4 is 23.7 Å². The molecule has 0 aliphatic carbocycles. The van der Waals surface area contributed by atoms with E-state index in [0.717, 1.165) is 6.92 Å². The van der Waals surface area contributed by atoms with E-state index in [1.54, 1.807) is 6.92 Å². The van der Waals surface area contributed by atoms with Gasteiger partial charge >= 0.3 is 17.9 Å². The third-order valence-corrected chi connectivity index (χ3v) is 5.29. The molecule has 0 fully saturated rings. The zero-order valence-electron chi connectivity index (χ0n) is 17.3. The number of ketones is 1. The maximum Gasteiger partial charge on any atom is 0.338 e. The van der Waals surface area contributed by atoms with E-state index in [1.165, 1.54) is 0 Å². The SMILES string of the molecule is CCCCOC(C(=O)O)(C(CCCC)C(=O)O)C(CCCC)(C(C)=O)C(=O)O. The number of rotatable bonds is 16.